The van der Waals surface area contributed by atoms with E-state index < -0.39 is 17.5 Å². The fourth-order valence-electron chi connectivity index (χ4n) is 2.55. The van der Waals surface area contributed by atoms with Crippen LogP contribution in [-0.2, 0) is 4.79 Å². The quantitative estimate of drug-likeness (QED) is 0.757. The predicted molar refractivity (Wildman–Crippen MR) is 58.5 cm³/mol. The average molecular weight is 214 g/mol. The third-order valence-electron chi connectivity index (χ3n) is 4.01. The molecule has 1 atom stereocenters. The van der Waals surface area contributed by atoms with Gasteiger partial charge in [0.25, 0.3) is 0 Å². The van der Waals surface area contributed by atoms with E-state index in [4.69, 9.17) is 5.11 Å². The molecule has 0 aliphatic heterocycles. The number of hydrogen-bond donors (Lipinski definition) is 2. The lowest BCUT2D eigenvalue weighted by Gasteiger charge is -2.40. The first-order valence-corrected chi connectivity index (χ1v) is 5.76. The number of carboxylic acid groups (broad SMARTS) is 1. The molecule has 2 N–H and O–H groups in total. The number of hydrogen-bond acceptors (Lipinski definition) is 2. The number of aliphatic carboxylic acids is 1. The second kappa shape index (κ2) is 4.52. The average Bonchev–Trinajstić information content (AvgIpc) is 2.17. The van der Waals surface area contributed by atoms with Gasteiger partial charge in [-0.2, -0.15) is 0 Å². The van der Waals surface area contributed by atoms with Crippen LogP contribution in [0.5, 0.6) is 0 Å². The molecule has 0 heterocycles. The van der Waals surface area contributed by atoms with Gasteiger partial charge in [0, 0.05) is 5.41 Å². The predicted octanol–water partition coefficient (Wildman–Crippen LogP) is 2.28. The van der Waals surface area contributed by atoms with Crippen LogP contribution in [0, 0.1) is 17.3 Å². The Hall–Kier alpha value is -0.570. The number of rotatable bonds is 3. The smallest absolute Gasteiger partial charge is 0.333 e. The van der Waals surface area contributed by atoms with Crippen molar-refractivity contribution in [2.75, 3.05) is 0 Å². The van der Waals surface area contributed by atoms with Crippen molar-refractivity contribution in [1.82, 2.24) is 0 Å². The van der Waals surface area contributed by atoms with E-state index in [1.165, 1.54) is 0 Å². The lowest BCUT2D eigenvalue weighted by molar-refractivity contribution is -0.156. The zero-order valence-corrected chi connectivity index (χ0v) is 9.86. The van der Waals surface area contributed by atoms with E-state index >= 15 is 0 Å². The summed E-state index contributed by atoms with van der Waals surface area (Å²) in [5.41, 5.74) is -0.508. The minimum absolute atomic E-state index is 0.333. The highest BCUT2D eigenvalue weighted by atomic mass is 16.4. The first kappa shape index (κ1) is 12.5. The highest BCUT2D eigenvalue weighted by Gasteiger charge is 2.41. The van der Waals surface area contributed by atoms with Crippen LogP contribution in [0.1, 0.15) is 46.5 Å². The van der Waals surface area contributed by atoms with Gasteiger partial charge in [0.15, 0.2) is 6.10 Å². The van der Waals surface area contributed by atoms with Gasteiger partial charge in [-0.25, -0.2) is 4.79 Å². The molecule has 15 heavy (non-hydrogen) atoms. The Morgan fingerprint density at radius 1 is 1.27 bits per heavy atom. The number of carbonyl (C=O) groups is 1. The van der Waals surface area contributed by atoms with Crippen molar-refractivity contribution in [2.24, 2.45) is 17.3 Å². The molecule has 1 fully saturated rings. The molecule has 1 rings (SSSR count). The van der Waals surface area contributed by atoms with Crippen LogP contribution in [0.25, 0.3) is 0 Å². The maximum Gasteiger partial charge on any atom is 0.333 e. The van der Waals surface area contributed by atoms with E-state index in [2.05, 4.69) is 6.92 Å². The summed E-state index contributed by atoms with van der Waals surface area (Å²) in [6.45, 7) is 5.97. The summed E-state index contributed by atoms with van der Waals surface area (Å²) >= 11 is 0. The van der Waals surface area contributed by atoms with Gasteiger partial charge in [-0.1, -0.05) is 33.6 Å². The molecule has 3 nitrogen and oxygen atoms in total. The van der Waals surface area contributed by atoms with Crippen molar-refractivity contribution in [1.29, 1.82) is 0 Å². The van der Waals surface area contributed by atoms with E-state index in [9.17, 15) is 9.90 Å². The molecule has 3 heteroatoms. The molecule has 88 valence electrons. The van der Waals surface area contributed by atoms with E-state index in [-0.39, 0.29) is 0 Å². The van der Waals surface area contributed by atoms with Crippen LogP contribution < -0.4 is 0 Å². The number of aliphatic hydroxyl groups is 1. The maximum atomic E-state index is 10.8. The molecule has 1 aliphatic rings. The molecule has 0 aromatic heterocycles. The third kappa shape index (κ3) is 2.71. The molecule has 0 amide bonds. The van der Waals surface area contributed by atoms with Crippen molar-refractivity contribution in [3.63, 3.8) is 0 Å². The van der Waals surface area contributed by atoms with Crippen LogP contribution in [0.2, 0.25) is 0 Å². The Labute approximate surface area is 91.5 Å². The largest absolute Gasteiger partial charge is 0.479 e. The van der Waals surface area contributed by atoms with Gasteiger partial charge in [0.2, 0.25) is 0 Å². The minimum Gasteiger partial charge on any atom is -0.479 e. The molecular weight excluding hydrogens is 192 g/mol. The first-order chi connectivity index (χ1) is 6.85. The summed E-state index contributed by atoms with van der Waals surface area (Å²) < 4.78 is 0. The highest BCUT2D eigenvalue weighted by molar-refractivity contribution is 5.73. The molecule has 1 aliphatic carbocycles. The Kier molecular flexibility index (Phi) is 3.77. The van der Waals surface area contributed by atoms with Crippen LogP contribution >= 0.6 is 0 Å². The Bertz CT molecular complexity index is 227. The molecule has 1 saturated carbocycles. The van der Waals surface area contributed by atoms with E-state index in [0.717, 1.165) is 31.6 Å². The van der Waals surface area contributed by atoms with Gasteiger partial charge < -0.3 is 10.2 Å². The second-order valence-corrected chi connectivity index (χ2v) is 5.52. The van der Waals surface area contributed by atoms with Crippen molar-refractivity contribution in [3.8, 4) is 0 Å². The van der Waals surface area contributed by atoms with Crippen molar-refractivity contribution in [2.45, 2.75) is 52.6 Å². The van der Waals surface area contributed by atoms with E-state index in [1.807, 2.05) is 13.8 Å². The summed E-state index contributed by atoms with van der Waals surface area (Å²) in [6.07, 6.45) is 3.15. The van der Waals surface area contributed by atoms with Crippen LogP contribution in [-0.4, -0.2) is 22.3 Å². The summed E-state index contributed by atoms with van der Waals surface area (Å²) in [7, 11) is 0. The van der Waals surface area contributed by atoms with Gasteiger partial charge >= 0.3 is 5.97 Å². The number of aliphatic hydroxyl groups excluding tert-OH is 1. The summed E-state index contributed by atoms with van der Waals surface area (Å²) in [6, 6.07) is 0. The van der Waals surface area contributed by atoms with Gasteiger partial charge in [-0.05, 0) is 24.7 Å². The fourth-order valence-corrected chi connectivity index (χ4v) is 2.55. The Morgan fingerprint density at radius 2 is 1.73 bits per heavy atom. The molecule has 0 bridgehead atoms. The van der Waals surface area contributed by atoms with Crippen molar-refractivity contribution < 1.29 is 15.0 Å². The standard InChI is InChI=1S/C12H22O3/c1-8-4-6-9(7-5-8)12(2,3)10(13)11(14)15/h8-10,13H,4-7H2,1-3H3,(H,14,15). The third-order valence-corrected chi connectivity index (χ3v) is 4.01. The lowest BCUT2D eigenvalue weighted by atomic mass is 9.66. The van der Waals surface area contributed by atoms with Gasteiger partial charge in [0.1, 0.15) is 0 Å². The lowest BCUT2D eigenvalue weighted by Crippen LogP contribution is -2.43. The molecule has 1 unspecified atom stereocenters. The first-order valence-electron chi connectivity index (χ1n) is 5.76. The van der Waals surface area contributed by atoms with Gasteiger partial charge in [-0.15, -0.1) is 0 Å². The SMILES string of the molecule is CC1CCC(C(C)(C)C(O)C(=O)O)CC1. The zero-order valence-electron chi connectivity index (χ0n) is 9.86. The minimum atomic E-state index is -1.24. The van der Waals surface area contributed by atoms with E-state index in [1.54, 1.807) is 0 Å². The van der Waals surface area contributed by atoms with Crippen LogP contribution in [0.3, 0.4) is 0 Å². The topological polar surface area (TPSA) is 57.5 Å². The fraction of sp³-hybridized carbons (Fsp3) is 0.917. The second-order valence-electron chi connectivity index (χ2n) is 5.52. The normalized spacial score (nSPS) is 29.9. The van der Waals surface area contributed by atoms with Crippen LogP contribution in [0.15, 0.2) is 0 Å². The monoisotopic (exact) mass is 214 g/mol. The van der Waals surface area contributed by atoms with Gasteiger partial charge in [-0.3, -0.25) is 0 Å². The summed E-state index contributed by atoms with van der Waals surface area (Å²) in [4.78, 5) is 10.8. The van der Waals surface area contributed by atoms with Crippen molar-refractivity contribution >= 4 is 5.97 Å². The van der Waals surface area contributed by atoms with Gasteiger partial charge in [0.05, 0.1) is 0 Å². The Balaban J connectivity index is 2.65. The highest BCUT2D eigenvalue weighted by Crippen LogP contribution is 2.42. The summed E-state index contributed by atoms with van der Waals surface area (Å²) in [5.74, 6) is -0.0163. The van der Waals surface area contributed by atoms with E-state index in [0.29, 0.717) is 5.92 Å². The number of carboxylic acids is 1. The maximum absolute atomic E-state index is 10.8. The molecule has 0 spiro atoms. The van der Waals surface area contributed by atoms with Crippen LogP contribution in [0.4, 0.5) is 0 Å². The molecule has 0 saturated heterocycles. The summed E-state index contributed by atoms with van der Waals surface area (Å²) in [5, 5.41) is 18.5. The zero-order chi connectivity index (χ0) is 11.6. The molecule has 0 aromatic carbocycles. The molecular formula is C12H22O3. The Morgan fingerprint density at radius 3 is 2.13 bits per heavy atom. The molecule has 0 radical (unpaired) electrons. The van der Waals surface area contributed by atoms with Crippen molar-refractivity contribution in [3.05, 3.63) is 0 Å². The molecule has 0 aromatic rings.